The summed E-state index contributed by atoms with van der Waals surface area (Å²) in [7, 11) is 3.57. The van der Waals surface area contributed by atoms with Crippen molar-refractivity contribution in [3.8, 4) is 0 Å². The van der Waals surface area contributed by atoms with Crippen LogP contribution < -0.4 is 21.7 Å². The van der Waals surface area contributed by atoms with E-state index in [2.05, 4.69) is 41.9 Å². The zero-order valence-electron chi connectivity index (χ0n) is 33.8. The van der Waals surface area contributed by atoms with Gasteiger partial charge >= 0.3 is 5.97 Å². The number of carbonyl (C=O) groups is 7. The van der Waals surface area contributed by atoms with Crippen LogP contribution in [0.25, 0.3) is 0 Å². The fraction of sp³-hybridized carbons (Fsp3) is 0.537. The molecule has 5 rings (SSSR count). The number of primary amides is 1. The number of hydrogen-bond acceptors (Lipinski definition) is 10. The lowest BCUT2D eigenvalue weighted by Gasteiger charge is -2.38. The van der Waals surface area contributed by atoms with E-state index in [1.54, 1.807) is 48.0 Å². The van der Waals surface area contributed by atoms with E-state index < -0.39 is 18.1 Å². The van der Waals surface area contributed by atoms with Crippen LogP contribution in [-0.4, -0.2) is 128 Å². The molecule has 3 heterocycles. The van der Waals surface area contributed by atoms with Crippen molar-refractivity contribution in [3.05, 3.63) is 65.2 Å². The van der Waals surface area contributed by atoms with Gasteiger partial charge in [0.2, 0.25) is 30.0 Å². The van der Waals surface area contributed by atoms with Gasteiger partial charge in [0.05, 0.1) is 19.0 Å². The molecule has 5 atom stereocenters. The third-order valence-electron chi connectivity index (χ3n) is 9.47. The minimum Gasteiger partial charge on any atom is -0.464 e. The Hall–Kier alpha value is -4.86. The van der Waals surface area contributed by atoms with E-state index >= 15 is 0 Å². The molecular formula is C41H60ClN7O8. The summed E-state index contributed by atoms with van der Waals surface area (Å²) in [5.74, 6) is -0.963. The number of ether oxygens (including phenoxy) is 1. The van der Waals surface area contributed by atoms with E-state index in [-0.39, 0.29) is 55.2 Å². The van der Waals surface area contributed by atoms with Gasteiger partial charge in [-0.25, -0.2) is 0 Å². The smallest absolute Gasteiger partial charge is 0.323 e. The number of nitrogens with one attached hydrogen (secondary N) is 3. The van der Waals surface area contributed by atoms with Crippen LogP contribution >= 0.6 is 11.6 Å². The fourth-order valence-corrected chi connectivity index (χ4v) is 6.79. The first-order chi connectivity index (χ1) is 27.2. The number of amides is 5. The number of anilines is 1. The Morgan fingerprint density at radius 3 is 2.11 bits per heavy atom. The molecule has 3 fully saturated rings. The summed E-state index contributed by atoms with van der Waals surface area (Å²) in [6.07, 6.45) is 5.48. The minimum atomic E-state index is -0.632. The maximum atomic E-state index is 13.4. The van der Waals surface area contributed by atoms with Crippen molar-refractivity contribution >= 4 is 59.6 Å². The van der Waals surface area contributed by atoms with Gasteiger partial charge in [-0.15, -0.1) is 0 Å². The molecule has 15 nitrogen and oxygen atoms in total. The molecule has 3 aliphatic heterocycles. The Bertz CT molecular complexity index is 1580. The molecule has 3 aliphatic rings. The molecule has 57 heavy (non-hydrogen) atoms. The van der Waals surface area contributed by atoms with Crippen molar-refractivity contribution in [1.82, 2.24) is 25.3 Å². The maximum absolute atomic E-state index is 13.4. The van der Waals surface area contributed by atoms with Crippen LogP contribution in [0.1, 0.15) is 64.4 Å². The second-order valence-corrected chi connectivity index (χ2v) is 14.8. The molecule has 3 saturated heterocycles. The van der Waals surface area contributed by atoms with Crippen molar-refractivity contribution < 1.29 is 38.3 Å². The van der Waals surface area contributed by atoms with Gasteiger partial charge in [0.25, 0.3) is 0 Å². The number of carbonyl (C=O) groups excluding carboxylic acids is 7. The summed E-state index contributed by atoms with van der Waals surface area (Å²) in [5.41, 5.74) is 6.77. The van der Waals surface area contributed by atoms with E-state index in [9.17, 15) is 33.6 Å². The fourth-order valence-electron chi connectivity index (χ4n) is 6.67. The van der Waals surface area contributed by atoms with Crippen LogP contribution in [-0.2, 0) is 38.3 Å². The number of likely N-dealkylation sites (N-methyl/N-ethyl adjacent to an activating group) is 2. The van der Waals surface area contributed by atoms with E-state index in [0.717, 1.165) is 31.5 Å². The zero-order valence-corrected chi connectivity index (χ0v) is 34.5. The molecule has 0 bridgehead atoms. The predicted octanol–water partition coefficient (Wildman–Crippen LogP) is 2.93. The molecular weight excluding hydrogens is 754 g/mol. The average Bonchev–Trinajstić information content (AvgIpc) is 3.82. The normalized spacial score (nSPS) is 20.5. The van der Waals surface area contributed by atoms with Crippen LogP contribution in [0.15, 0.2) is 54.6 Å². The monoisotopic (exact) mass is 813 g/mol. The second-order valence-electron chi connectivity index (χ2n) is 14.4. The molecule has 2 aromatic carbocycles. The number of nitrogens with zero attached hydrogens (tertiary/aromatic N) is 3. The van der Waals surface area contributed by atoms with Crippen molar-refractivity contribution in [1.29, 1.82) is 0 Å². The van der Waals surface area contributed by atoms with Crippen LogP contribution in [0, 0.1) is 12.8 Å². The Morgan fingerprint density at radius 1 is 0.930 bits per heavy atom. The number of likely N-dealkylation sites (tertiary alicyclic amines) is 3. The summed E-state index contributed by atoms with van der Waals surface area (Å²) in [5, 5.41) is 8.39. The SMILES string of the molecule is CC1CC(C(=O)OCCC(=O)N2CCCC2C(=O)N2CCCCC2C(=O)NC(C)C=O)N(C)C1.CNCC(N)=O.Cc1ccccc1.O=CNc1ccc(Cl)cc1. The van der Waals surface area contributed by atoms with Crippen molar-refractivity contribution in [2.45, 2.75) is 89.9 Å². The molecule has 0 aliphatic carbocycles. The molecule has 5 amide bonds. The number of rotatable bonds is 12. The van der Waals surface area contributed by atoms with Gasteiger partial charge in [0.1, 0.15) is 31.0 Å². The standard InChI is InChI=1S/C24H38N4O6.C7H6ClNO.C7H8.C3H8N2O/c1-16-13-20(26(3)14-16)24(33)34-12-9-21(30)27-11-6-8-19(27)23(32)28-10-5-4-7-18(28)22(31)25-17(2)15-29;8-6-1-3-7(4-2-6)9-5-10;1-7-5-3-2-4-6-7;1-5-2-3(4)6/h15-20H,4-14H2,1-3H3,(H,25,31);1-5H,(H,9,10);2-6H,1H3;5H,2H2,1H3,(H2,4,6). The number of aldehydes is 1. The average molecular weight is 814 g/mol. The Balaban J connectivity index is 0.000000390. The molecule has 0 saturated carbocycles. The largest absolute Gasteiger partial charge is 0.464 e. The van der Waals surface area contributed by atoms with Crippen molar-refractivity contribution in [3.63, 3.8) is 0 Å². The molecule has 0 radical (unpaired) electrons. The van der Waals surface area contributed by atoms with E-state index in [0.29, 0.717) is 56.0 Å². The first-order valence-corrected chi connectivity index (χ1v) is 19.7. The number of hydrogen-bond donors (Lipinski definition) is 4. The highest BCUT2D eigenvalue weighted by Crippen LogP contribution is 2.26. The Morgan fingerprint density at radius 2 is 1.58 bits per heavy atom. The van der Waals surface area contributed by atoms with Gasteiger partial charge in [0.15, 0.2) is 0 Å². The van der Waals surface area contributed by atoms with Crippen LogP contribution in [0.2, 0.25) is 5.02 Å². The van der Waals surface area contributed by atoms with E-state index in [1.165, 1.54) is 5.56 Å². The van der Waals surface area contributed by atoms with Gasteiger partial charge in [-0.05, 0) is 96.7 Å². The lowest BCUT2D eigenvalue weighted by molar-refractivity contribution is -0.152. The molecule has 5 N–H and O–H groups in total. The van der Waals surface area contributed by atoms with E-state index in [4.69, 9.17) is 22.1 Å². The van der Waals surface area contributed by atoms with Gasteiger partial charge in [-0.1, -0.05) is 54.4 Å². The number of halogens is 1. The molecule has 16 heteroatoms. The number of esters is 1. The van der Waals surface area contributed by atoms with Crippen molar-refractivity contribution in [2.24, 2.45) is 11.7 Å². The summed E-state index contributed by atoms with van der Waals surface area (Å²) < 4.78 is 5.38. The van der Waals surface area contributed by atoms with Gasteiger partial charge < -0.3 is 41.0 Å². The van der Waals surface area contributed by atoms with Crippen molar-refractivity contribution in [2.75, 3.05) is 52.2 Å². The first-order valence-electron chi connectivity index (χ1n) is 19.3. The Labute approximate surface area is 341 Å². The minimum absolute atomic E-state index is 0.00781. The van der Waals surface area contributed by atoms with Gasteiger partial charge in [-0.3, -0.25) is 33.7 Å². The number of benzene rings is 2. The van der Waals surface area contributed by atoms with E-state index in [1.807, 2.05) is 30.1 Å². The summed E-state index contributed by atoms with van der Waals surface area (Å²) >= 11 is 5.60. The molecule has 314 valence electrons. The number of aryl methyl sites for hydroxylation is 1. The number of nitrogens with two attached hydrogens (primary N) is 1. The van der Waals surface area contributed by atoms with Crippen LogP contribution in [0.5, 0.6) is 0 Å². The Kier molecular flexibility index (Phi) is 22.1. The first kappa shape index (κ1) is 48.3. The lowest BCUT2D eigenvalue weighted by atomic mass is 9.99. The quantitative estimate of drug-likeness (QED) is 0.183. The summed E-state index contributed by atoms with van der Waals surface area (Å²) in [4.78, 5) is 87.1. The van der Waals surface area contributed by atoms with Gasteiger partial charge in [-0.2, -0.15) is 0 Å². The van der Waals surface area contributed by atoms with Gasteiger partial charge in [0, 0.05) is 30.3 Å². The summed E-state index contributed by atoms with van der Waals surface area (Å²) in [6, 6.07) is 15.0. The second kappa shape index (κ2) is 26.1. The highest BCUT2D eigenvalue weighted by Gasteiger charge is 2.41. The topological polar surface area (TPSA) is 201 Å². The molecule has 2 aromatic rings. The molecule has 5 unspecified atom stereocenters. The molecule has 0 aromatic heterocycles. The maximum Gasteiger partial charge on any atom is 0.323 e. The van der Waals surface area contributed by atoms with Crippen LogP contribution in [0.4, 0.5) is 5.69 Å². The van der Waals surface area contributed by atoms with Crippen LogP contribution in [0.3, 0.4) is 0 Å². The zero-order chi connectivity index (χ0) is 42.3. The number of piperidine rings is 1. The highest BCUT2D eigenvalue weighted by atomic mass is 35.5. The lowest BCUT2D eigenvalue weighted by Crippen LogP contribution is -2.57. The summed E-state index contributed by atoms with van der Waals surface area (Å²) in [6.45, 7) is 7.80. The third kappa shape index (κ3) is 17.4. The molecule has 0 spiro atoms. The predicted molar refractivity (Wildman–Crippen MR) is 219 cm³/mol. The highest BCUT2D eigenvalue weighted by molar-refractivity contribution is 6.30. The third-order valence-corrected chi connectivity index (χ3v) is 9.72.